The molecular weight excluding hydrogens is 234 g/mol. The lowest BCUT2D eigenvalue weighted by Gasteiger charge is -2.26. The fourth-order valence-corrected chi connectivity index (χ4v) is 2.39. The lowest BCUT2D eigenvalue weighted by atomic mass is 9.88. The molecule has 0 bridgehead atoms. The summed E-state index contributed by atoms with van der Waals surface area (Å²) in [5, 5.41) is 4.83. The summed E-state index contributed by atoms with van der Waals surface area (Å²) in [5.41, 5.74) is 0.983. The Morgan fingerprint density at radius 1 is 1.16 bits per heavy atom. The normalized spacial score (nSPS) is 15.0. The second-order valence-electron chi connectivity index (χ2n) is 5.72. The van der Waals surface area contributed by atoms with Gasteiger partial charge in [-0.1, -0.05) is 45.9 Å². The van der Waals surface area contributed by atoms with E-state index in [0.29, 0.717) is 17.9 Å². The zero-order chi connectivity index (χ0) is 13.8. The number of furan rings is 1. The number of para-hydroxylation sites is 1. The van der Waals surface area contributed by atoms with E-state index in [0.717, 1.165) is 24.3 Å². The minimum absolute atomic E-state index is 0.298. The fraction of sp³-hybridized carbons (Fsp3) is 0.529. The molecule has 1 heterocycles. The van der Waals surface area contributed by atoms with Gasteiger partial charge in [0.05, 0.1) is 6.04 Å². The SMILES string of the molecule is CCCNC(c1cc2ccccc2o1)C(C)C(C)C. The molecule has 0 amide bonds. The van der Waals surface area contributed by atoms with Crippen LogP contribution in [0.3, 0.4) is 0 Å². The standard InChI is InChI=1S/C17H25NO/c1-5-10-18-17(13(4)12(2)3)16-11-14-8-6-7-9-15(14)19-16/h6-9,11-13,17-18H,5,10H2,1-4H3. The number of nitrogens with one attached hydrogen (secondary N) is 1. The van der Waals surface area contributed by atoms with E-state index in [1.54, 1.807) is 0 Å². The summed E-state index contributed by atoms with van der Waals surface area (Å²) in [6, 6.07) is 10.7. The van der Waals surface area contributed by atoms with Crippen molar-refractivity contribution in [3.8, 4) is 0 Å². The van der Waals surface area contributed by atoms with Crippen LogP contribution in [-0.2, 0) is 0 Å². The van der Waals surface area contributed by atoms with Crippen LogP contribution in [0.1, 0.15) is 45.9 Å². The molecule has 2 atom stereocenters. The first-order valence-corrected chi connectivity index (χ1v) is 7.35. The quantitative estimate of drug-likeness (QED) is 0.808. The molecule has 104 valence electrons. The Morgan fingerprint density at radius 3 is 2.53 bits per heavy atom. The van der Waals surface area contributed by atoms with Crippen LogP contribution in [0, 0.1) is 11.8 Å². The minimum Gasteiger partial charge on any atom is -0.459 e. The van der Waals surface area contributed by atoms with Crippen molar-refractivity contribution < 1.29 is 4.42 Å². The van der Waals surface area contributed by atoms with Crippen LogP contribution in [0.15, 0.2) is 34.7 Å². The van der Waals surface area contributed by atoms with Crippen LogP contribution in [0.4, 0.5) is 0 Å². The number of fused-ring (bicyclic) bond motifs is 1. The second-order valence-corrected chi connectivity index (χ2v) is 5.72. The molecule has 0 aliphatic rings. The van der Waals surface area contributed by atoms with Gasteiger partial charge in [0.25, 0.3) is 0 Å². The zero-order valence-electron chi connectivity index (χ0n) is 12.4. The maximum absolute atomic E-state index is 6.04. The predicted molar refractivity (Wildman–Crippen MR) is 81.3 cm³/mol. The molecule has 0 fully saturated rings. The van der Waals surface area contributed by atoms with Gasteiger partial charge in [0.15, 0.2) is 0 Å². The molecule has 0 saturated heterocycles. The first-order chi connectivity index (χ1) is 9.13. The Balaban J connectivity index is 2.30. The average Bonchev–Trinajstić information content (AvgIpc) is 2.82. The van der Waals surface area contributed by atoms with Crippen molar-refractivity contribution >= 4 is 11.0 Å². The maximum atomic E-state index is 6.04. The highest BCUT2D eigenvalue weighted by atomic mass is 16.3. The van der Waals surface area contributed by atoms with Crippen LogP contribution in [0.2, 0.25) is 0 Å². The van der Waals surface area contributed by atoms with E-state index in [1.165, 1.54) is 5.39 Å². The second kappa shape index (κ2) is 6.25. The van der Waals surface area contributed by atoms with Gasteiger partial charge >= 0.3 is 0 Å². The third-order valence-electron chi connectivity index (χ3n) is 3.94. The fourth-order valence-electron chi connectivity index (χ4n) is 2.39. The van der Waals surface area contributed by atoms with E-state index >= 15 is 0 Å². The summed E-state index contributed by atoms with van der Waals surface area (Å²) in [5.74, 6) is 2.24. The Kier molecular flexibility index (Phi) is 4.65. The Labute approximate surface area is 116 Å². The predicted octanol–water partition coefficient (Wildman–Crippen LogP) is 4.77. The molecule has 2 nitrogen and oxygen atoms in total. The summed E-state index contributed by atoms with van der Waals surface area (Å²) in [7, 11) is 0. The summed E-state index contributed by atoms with van der Waals surface area (Å²) in [6.07, 6.45) is 1.14. The Bertz CT molecular complexity index is 482. The smallest absolute Gasteiger partial charge is 0.134 e. The minimum atomic E-state index is 0.298. The van der Waals surface area contributed by atoms with Crippen LogP contribution >= 0.6 is 0 Å². The van der Waals surface area contributed by atoms with Crippen molar-refractivity contribution in [2.45, 2.75) is 40.2 Å². The summed E-state index contributed by atoms with van der Waals surface area (Å²) in [6.45, 7) is 10.1. The molecule has 0 saturated carbocycles. The molecule has 0 aliphatic carbocycles. The first kappa shape index (κ1) is 14.1. The molecule has 2 aromatic rings. The summed E-state index contributed by atoms with van der Waals surface area (Å²) in [4.78, 5) is 0. The largest absolute Gasteiger partial charge is 0.459 e. The highest BCUT2D eigenvalue weighted by molar-refractivity contribution is 5.77. The molecule has 19 heavy (non-hydrogen) atoms. The van der Waals surface area contributed by atoms with Crippen molar-refractivity contribution in [3.05, 3.63) is 36.1 Å². The highest BCUT2D eigenvalue weighted by Gasteiger charge is 2.24. The first-order valence-electron chi connectivity index (χ1n) is 7.35. The van der Waals surface area contributed by atoms with Crippen molar-refractivity contribution in [2.24, 2.45) is 11.8 Å². The lowest BCUT2D eigenvalue weighted by molar-refractivity contribution is 0.272. The maximum Gasteiger partial charge on any atom is 0.134 e. The van der Waals surface area contributed by atoms with Gasteiger partial charge in [-0.25, -0.2) is 0 Å². The molecule has 0 aliphatic heterocycles. The Morgan fingerprint density at radius 2 is 1.89 bits per heavy atom. The van der Waals surface area contributed by atoms with Crippen molar-refractivity contribution in [1.29, 1.82) is 0 Å². The molecular formula is C17H25NO. The molecule has 2 heteroatoms. The topological polar surface area (TPSA) is 25.2 Å². The number of benzene rings is 1. The van der Waals surface area contributed by atoms with E-state index in [-0.39, 0.29) is 0 Å². The Hall–Kier alpha value is -1.28. The van der Waals surface area contributed by atoms with Crippen LogP contribution in [0.25, 0.3) is 11.0 Å². The highest BCUT2D eigenvalue weighted by Crippen LogP contribution is 2.31. The molecule has 1 aromatic heterocycles. The third-order valence-corrected chi connectivity index (χ3v) is 3.94. The van der Waals surface area contributed by atoms with E-state index in [9.17, 15) is 0 Å². The van der Waals surface area contributed by atoms with Gasteiger partial charge < -0.3 is 9.73 Å². The van der Waals surface area contributed by atoms with E-state index in [2.05, 4.69) is 51.2 Å². The monoisotopic (exact) mass is 259 g/mol. The summed E-state index contributed by atoms with van der Waals surface area (Å²) < 4.78 is 6.04. The number of rotatable bonds is 6. The molecule has 0 spiro atoms. The zero-order valence-corrected chi connectivity index (χ0v) is 12.4. The lowest BCUT2D eigenvalue weighted by Crippen LogP contribution is -2.29. The molecule has 2 unspecified atom stereocenters. The van der Waals surface area contributed by atoms with Crippen LogP contribution in [0.5, 0.6) is 0 Å². The van der Waals surface area contributed by atoms with Crippen molar-refractivity contribution in [3.63, 3.8) is 0 Å². The van der Waals surface area contributed by atoms with Gasteiger partial charge in [0.1, 0.15) is 11.3 Å². The summed E-state index contributed by atoms with van der Waals surface area (Å²) >= 11 is 0. The van der Waals surface area contributed by atoms with E-state index < -0.39 is 0 Å². The van der Waals surface area contributed by atoms with Gasteiger partial charge in [-0.15, -0.1) is 0 Å². The van der Waals surface area contributed by atoms with Crippen molar-refractivity contribution in [1.82, 2.24) is 5.32 Å². The molecule has 1 N–H and O–H groups in total. The van der Waals surface area contributed by atoms with Crippen LogP contribution in [-0.4, -0.2) is 6.54 Å². The number of hydrogen-bond acceptors (Lipinski definition) is 2. The molecule has 1 aromatic carbocycles. The third kappa shape index (κ3) is 3.19. The van der Waals surface area contributed by atoms with Gasteiger partial charge in [0.2, 0.25) is 0 Å². The van der Waals surface area contributed by atoms with Crippen LogP contribution < -0.4 is 5.32 Å². The molecule has 2 rings (SSSR count). The average molecular weight is 259 g/mol. The molecule has 0 radical (unpaired) electrons. The van der Waals surface area contributed by atoms with Gasteiger partial charge in [0, 0.05) is 5.39 Å². The van der Waals surface area contributed by atoms with Gasteiger partial charge in [-0.05, 0) is 36.9 Å². The van der Waals surface area contributed by atoms with Crippen molar-refractivity contribution in [2.75, 3.05) is 6.54 Å². The number of hydrogen-bond donors (Lipinski definition) is 1. The van der Waals surface area contributed by atoms with Gasteiger partial charge in [-0.3, -0.25) is 0 Å². The van der Waals surface area contributed by atoms with Gasteiger partial charge in [-0.2, -0.15) is 0 Å². The van der Waals surface area contributed by atoms with E-state index in [1.807, 2.05) is 12.1 Å². The van der Waals surface area contributed by atoms with E-state index in [4.69, 9.17) is 4.42 Å².